The minimum atomic E-state index is 0.0950. The van der Waals surface area contributed by atoms with Crippen LogP contribution in [0.5, 0.6) is 0 Å². The number of nitrogens with zero attached hydrogens (tertiary/aromatic N) is 4. The van der Waals surface area contributed by atoms with Gasteiger partial charge in [0.1, 0.15) is 24.8 Å². The summed E-state index contributed by atoms with van der Waals surface area (Å²) in [4.78, 5) is 6.19. The smallest absolute Gasteiger partial charge is 0.149 e. The summed E-state index contributed by atoms with van der Waals surface area (Å²) < 4.78 is 0. The summed E-state index contributed by atoms with van der Waals surface area (Å²) >= 11 is 0. The molecule has 0 aromatic heterocycles. The van der Waals surface area contributed by atoms with Gasteiger partial charge in [0, 0.05) is 32.4 Å². The van der Waals surface area contributed by atoms with E-state index in [2.05, 4.69) is 9.99 Å². The molecule has 0 atom stereocenters. The van der Waals surface area contributed by atoms with Gasteiger partial charge < -0.3 is 9.74 Å². The maximum absolute atomic E-state index is 8.67. The maximum atomic E-state index is 8.67. The summed E-state index contributed by atoms with van der Waals surface area (Å²) in [6.45, 7) is 0. The standard InChI is InChI=1S/C9H12N4O/c1-13(2)9(4-5-12-14-3)8(6-10)7-11/h5H,4H2,1-3H3. The monoisotopic (exact) mass is 192 g/mol. The SMILES string of the molecule is CON=CCC(=C(C#N)C#N)N(C)C. The van der Waals surface area contributed by atoms with Gasteiger partial charge in [-0.2, -0.15) is 10.5 Å². The lowest BCUT2D eigenvalue weighted by atomic mass is 10.2. The summed E-state index contributed by atoms with van der Waals surface area (Å²) in [5.41, 5.74) is 0.716. The molecule has 0 rings (SSSR count). The van der Waals surface area contributed by atoms with E-state index in [1.54, 1.807) is 19.0 Å². The number of oxime groups is 1. The molecule has 0 aromatic rings. The highest BCUT2D eigenvalue weighted by atomic mass is 16.6. The molecule has 0 amide bonds. The summed E-state index contributed by atoms with van der Waals surface area (Å²) in [5, 5.41) is 20.9. The lowest BCUT2D eigenvalue weighted by Gasteiger charge is -2.14. The van der Waals surface area contributed by atoms with E-state index < -0.39 is 0 Å². The Kier molecular flexibility index (Phi) is 5.57. The van der Waals surface area contributed by atoms with Gasteiger partial charge in [-0.25, -0.2) is 0 Å². The topological polar surface area (TPSA) is 72.4 Å². The minimum Gasteiger partial charge on any atom is -0.399 e. The molecule has 0 fully saturated rings. The molecule has 5 nitrogen and oxygen atoms in total. The zero-order chi connectivity index (χ0) is 11.0. The first-order valence-electron chi connectivity index (χ1n) is 3.93. The second-order valence-corrected chi connectivity index (χ2v) is 2.61. The molecule has 0 bridgehead atoms. The van der Waals surface area contributed by atoms with Crippen molar-refractivity contribution in [2.75, 3.05) is 21.2 Å². The molecule has 0 aliphatic rings. The van der Waals surface area contributed by atoms with Crippen molar-refractivity contribution in [2.45, 2.75) is 6.42 Å². The summed E-state index contributed by atoms with van der Waals surface area (Å²) in [7, 11) is 4.97. The number of hydrogen-bond acceptors (Lipinski definition) is 5. The van der Waals surface area contributed by atoms with E-state index in [4.69, 9.17) is 10.5 Å². The van der Waals surface area contributed by atoms with Crippen LogP contribution in [0.1, 0.15) is 6.42 Å². The Hall–Kier alpha value is -2.01. The highest BCUT2D eigenvalue weighted by Crippen LogP contribution is 2.09. The first kappa shape index (κ1) is 12.0. The van der Waals surface area contributed by atoms with E-state index >= 15 is 0 Å². The van der Waals surface area contributed by atoms with E-state index in [9.17, 15) is 0 Å². The van der Waals surface area contributed by atoms with Crippen LogP contribution >= 0.6 is 0 Å². The second-order valence-electron chi connectivity index (χ2n) is 2.61. The third-order valence-corrected chi connectivity index (χ3v) is 1.52. The third-order valence-electron chi connectivity index (χ3n) is 1.52. The quantitative estimate of drug-likeness (QED) is 0.376. The van der Waals surface area contributed by atoms with Crippen LogP contribution in [-0.4, -0.2) is 32.3 Å². The van der Waals surface area contributed by atoms with Crippen molar-refractivity contribution in [3.8, 4) is 12.1 Å². The molecule has 5 heteroatoms. The van der Waals surface area contributed by atoms with Crippen LogP contribution in [0.15, 0.2) is 16.4 Å². The summed E-state index contributed by atoms with van der Waals surface area (Å²) in [5.74, 6) is 0. The van der Waals surface area contributed by atoms with Crippen LogP contribution < -0.4 is 0 Å². The second kappa shape index (κ2) is 6.50. The van der Waals surface area contributed by atoms with Crippen LogP contribution in [-0.2, 0) is 4.84 Å². The van der Waals surface area contributed by atoms with Gasteiger partial charge in [0.15, 0.2) is 0 Å². The average molecular weight is 192 g/mol. The molecule has 0 saturated carbocycles. The van der Waals surface area contributed by atoms with Gasteiger partial charge in [0.05, 0.1) is 0 Å². The summed E-state index contributed by atoms with van der Waals surface area (Å²) in [6, 6.07) is 3.67. The van der Waals surface area contributed by atoms with Gasteiger partial charge in [0.25, 0.3) is 0 Å². The van der Waals surface area contributed by atoms with E-state index in [1.807, 2.05) is 12.1 Å². The van der Waals surface area contributed by atoms with Crippen LogP contribution in [0.25, 0.3) is 0 Å². The van der Waals surface area contributed by atoms with Crippen molar-refractivity contribution in [1.82, 2.24) is 4.90 Å². The molecule has 74 valence electrons. The number of rotatable bonds is 4. The largest absolute Gasteiger partial charge is 0.399 e. The van der Waals surface area contributed by atoms with Crippen molar-refractivity contribution in [2.24, 2.45) is 5.16 Å². The van der Waals surface area contributed by atoms with Crippen molar-refractivity contribution >= 4 is 6.21 Å². The Balaban J connectivity index is 4.80. The van der Waals surface area contributed by atoms with E-state index in [0.29, 0.717) is 12.1 Å². The van der Waals surface area contributed by atoms with Crippen molar-refractivity contribution in [3.05, 3.63) is 11.3 Å². The Bertz CT molecular complexity index is 301. The highest BCUT2D eigenvalue weighted by molar-refractivity contribution is 5.62. The lowest BCUT2D eigenvalue weighted by molar-refractivity contribution is 0.214. The van der Waals surface area contributed by atoms with E-state index in [0.717, 1.165) is 0 Å². The zero-order valence-corrected chi connectivity index (χ0v) is 8.48. The van der Waals surface area contributed by atoms with Crippen LogP contribution in [0.2, 0.25) is 0 Å². The zero-order valence-electron chi connectivity index (χ0n) is 8.48. The van der Waals surface area contributed by atoms with Gasteiger partial charge in [-0.1, -0.05) is 5.16 Å². The molecule has 0 spiro atoms. The van der Waals surface area contributed by atoms with Crippen LogP contribution in [0.3, 0.4) is 0 Å². The van der Waals surface area contributed by atoms with Gasteiger partial charge >= 0.3 is 0 Å². The fraction of sp³-hybridized carbons (Fsp3) is 0.444. The molecule has 0 aromatic carbocycles. The average Bonchev–Trinajstić information content (AvgIpc) is 2.17. The lowest BCUT2D eigenvalue weighted by Crippen LogP contribution is -2.13. The normalized spacial score (nSPS) is 8.93. The Morgan fingerprint density at radius 2 is 2.00 bits per heavy atom. The van der Waals surface area contributed by atoms with E-state index in [1.165, 1.54) is 13.3 Å². The minimum absolute atomic E-state index is 0.0950. The fourth-order valence-corrected chi connectivity index (χ4v) is 0.861. The van der Waals surface area contributed by atoms with Crippen molar-refractivity contribution in [1.29, 1.82) is 10.5 Å². The number of allylic oxidation sites excluding steroid dienone is 2. The molecule has 0 aliphatic heterocycles. The Morgan fingerprint density at radius 1 is 1.43 bits per heavy atom. The molecule has 0 heterocycles. The highest BCUT2D eigenvalue weighted by Gasteiger charge is 2.06. The van der Waals surface area contributed by atoms with Crippen LogP contribution in [0.4, 0.5) is 0 Å². The van der Waals surface area contributed by atoms with Gasteiger partial charge in [-0.05, 0) is 0 Å². The molecule has 0 N–H and O–H groups in total. The Morgan fingerprint density at radius 3 is 2.36 bits per heavy atom. The first-order valence-corrected chi connectivity index (χ1v) is 3.93. The molecule has 0 unspecified atom stereocenters. The maximum Gasteiger partial charge on any atom is 0.149 e. The van der Waals surface area contributed by atoms with Gasteiger partial charge in [-0.3, -0.25) is 0 Å². The molecule has 0 aliphatic carbocycles. The molecule has 0 saturated heterocycles. The van der Waals surface area contributed by atoms with Crippen molar-refractivity contribution < 1.29 is 4.84 Å². The molecule has 14 heavy (non-hydrogen) atoms. The number of nitriles is 2. The van der Waals surface area contributed by atoms with Crippen LogP contribution in [0, 0.1) is 22.7 Å². The Labute approximate surface area is 83.5 Å². The third kappa shape index (κ3) is 3.59. The number of hydrogen-bond donors (Lipinski definition) is 0. The first-order chi connectivity index (χ1) is 6.67. The van der Waals surface area contributed by atoms with E-state index in [-0.39, 0.29) is 5.57 Å². The fourth-order valence-electron chi connectivity index (χ4n) is 0.861. The predicted octanol–water partition coefficient (Wildman–Crippen LogP) is 0.872. The van der Waals surface area contributed by atoms with Gasteiger partial charge in [0.2, 0.25) is 0 Å². The predicted molar refractivity (Wildman–Crippen MR) is 52.1 cm³/mol. The van der Waals surface area contributed by atoms with Gasteiger partial charge in [-0.15, -0.1) is 0 Å². The van der Waals surface area contributed by atoms with Crippen molar-refractivity contribution in [3.63, 3.8) is 0 Å². The molecular formula is C9H12N4O. The summed E-state index contributed by atoms with van der Waals surface area (Å²) in [6.07, 6.45) is 1.90. The molecule has 0 radical (unpaired) electrons. The molecular weight excluding hydrogens is 180 g/mol.